The topological polar surface area (TPSA) is 61.8 Å². The van der Waals surface area contributed by atoms with Crippen molar-refractivity contribution in [3.63, 3.8) is 0 Å². The lowest BCUT2D eigenvalue weighted by molar-refractivity contribution is 0.0555. The maximum atomic E-state index is 10.8. The van der Waals surface area contributed by atoms with Gasteiger partial charge in [0.15, 0.2) is 0 Å². The summed E-state index contributed by atoms with van der Waals surface area (Å²) in [6.45, 7) is 2.82. The van der Waals surface area contributed by atoms with Crippen LogP contribution < -0.4 is 0 Å². The average molecular weight is 212 g/mol. The zero-order valence-electron chi connectivity index (χ0n) is 7.99. The third-order valence-corrected chi connectivity index (χ3v) is 2.51. The zero-order chi connectivity index (χ0) is 10.2. The van der Waals surface area contributed by atoms with Crippen LogP contribution in [0.3, 0.4) is 0 Å². The van der Waals surface area contributed by atoms with E-state index < -0.39 is 10.1 Å². The van der Waals surface area contributed by atoms with Crippen LogP contribution in [-0.2, 0) is 23.8 Å². The molecule has 6 heteroatoms. The van der Waals surface area contributed by atoms with Gasteiger partial charge in [-0.15, -0.1) is 0 Å². The Bertz CT molecular complexity index is 199. The van der Waals surface area contributed by atoms with Crippen LogP contribution in [0, 0.1) is 0 Å². The second-order valence-corrected chi connectivity index (χ2v) is 4.20. The van der Waals surface area contributed by atoms with E-state index in [4.69, 9.17) is 9.47 Å². The van der Waals surface area contributed by atoms with E-state index in [0.717, 1.165) is 0 Å². The molecule has 0 aliphatic heterocycles. The van der Waals surface area contributed by atoms with Crippen molar-refractivity contribution in [2.24, 2.45) is 0 Å². The lowest BCUT2D eigenvalue weighted by Gasteiger charge is -2.04. The van der Waals surface area contributed by atoms with Crippen molar-refractivity contribution in [1.29, 1.82) is 0 Å². The van der Waals surface area contributed by atoms with Gasteiger partial charge in [-0.05, 0) is 6.92 Å². The summed E-state index contributed by atoms with van der Waals surface area (Å²) in [4.78, 5) is 0. The normalized spacial score (nSPS) is 11.8. The van der Waals surface area contributed by atoms with E-state index in [1.54, 1.807) is 7.11 Å². The number of hydrogen-bond acceptors (Lipinski definition) is 5. The summed E-state index contributed by atoms with van der Waals surface area (Å²) < 4.78 is 35.9. The molecular formula is C7H16O5S. The minimum Gasteiger partial charge on any atom is -0.382 e. The van der Waals surface area contributed by atoms with Gasteiger partial charge in [0.25, 0.3) is 10.1 Å². The molecule has 0 saturated carbocycles. The van der Waals surface area contributed by atoms with E-state index in [1.807, 2.05) is 0 Å². The highest BCUT2D eigenvalue weighted by Gasteiger charge is 2.05. The molecule has 0 spiro atoms. The molecule has 0 saturated heterocycles. The van der Waals surface area contributed by atoms with Crippen LogP contribution in [-0.4, -0.2) is 47.7 Å². The van der Waals surface area contributed by atoms with Gasteiger partial charge in [0, 0.05) is 7.11 Å². The molecule has 0 unspecified atom stereocenters. The van der Waals surface area contributed by atoms with Crippen LogP contribution >= 0.6 is 0 Å². The third-order valence-electron chi connectivity index (χ3n) is 1.28. The molecule has 0 heterocycles. The molecule has 0 aliphatic carbocycles. The van der Waals surface area contributed by atoms with Crippen molar-refractivity contribution < 1.29 is 22.1 Å². The van der Waals surface area contributed by atoms with Crippen molar-refractivity contribution in [3.05, 3.63) is 0 Å². The predicted molar refractivity (Wildman–Crippen MR) is 48.1 cm³/mol. The molecule has 0 atom stereocenters. The van der Waals surface area contributed by atoms with Crippen LogP contribution in [0.5, 0.6) is 0 Å². The first kappa shape index (κ1) is 12.8. The van der Waals surface area contributed by atoms with Crippen LogP contribution in [0.2, 0.25) is 0 Å². The van der Waals surface area contributed by atoms with Gasteiger partial charge in [0.1, 0.15) is 0 Å². The van der Waals surface area contributed by atoms with Crippen molar-refractivity contribution in [2.75, 3.05) is 39.3 Å². The van der Waals surface area contributed by atoms with Gasteiger partial charge < -0.3 is 9.47 Å². The lowest BCUT2D eigenvalue weighted by atomic mass is 10.7. The summed E-state index contributed by atoms with van der Waals surface area (Å²) in [6, 6.07) is 0. The Kier molecular flexibility index (Phi) is 7.16. The molecule has 0 aromatic carbocycles. The Hall–Kier alpha value is -0.170. The molecule has 0 aromatic rings. The summed E-state index contributed by atoms with van der Waals surface area (Å²) in [5, 5.41) is 0. The fraction of sp³-hybridized carbons (Fsp3) is 1.00. The summed E-state index contributed by atoms with van der Waals surface area (Å²) >= 11 is 0. The van der Waals surface area contributed by atoms with Gasteiger partial charge in [-0.1, -0.05) is 0 Å². The van der Waals surface area contributed by atoms with E-state index in [2.05, 4.69) is 4.18 Å². The van der Waals surface area contributed by atoms with Crippen LogP contribution in [0.1, 0.15) is 6.92 Å². The minimum absolute atomic E-state index is 0.00886. The fourth-order valence-electron chi connectivity index (χ4n) is 0.548. The van der Waals surface area contributed by atoms with Gasteiger partial charge in [0.05, 0.1) is 32.2 Å². The zero-order valence-corrected chi connectivity index (χ0v) is 8.80. The fourth-order valence-corrected chi connectivity index (χ4v) is 1.04. The lowest BCUT2D eigenvalue weighted by Crippen LogP contribution is -2.14. The first-order chi connectivity index (χ1) is 6.12. The Morgan fingerprint density at radius 1 is 1.08 bits per heavy atom. The third kappa shape index (κ3) is 8.17. The highest BCUT2D eigenvalue weighted by atomic mass is 32.2. The molecule has 0 fully saturated rings. The second kappa shape index (κ2) is 7.25. The van der Waals surface area contributed by atoms with Crippen molar-refractivity contribution >= 4 is 10.1 Å². The maximum Gasteiger partial charge on any atom is 0.267 e. The van der Waals surface area contributed by atoms with Gasteiger partial charge in [-0.2, -0.15) is 8.42 Å². The van der Waals surface area contributed by atoms with Gasteiger partial charge in [0.2, 0.25) is 0 Å². The quantitative estimate of drug-likeness (QED) is 0.419. The summed E-state index contributed by atoms with van der Waals surface area (Å²) in [5.74, 6) is -0.00886. The molecule has 0 N–H and O–H groups in total. The molecule has 0 aliphatic rings. The highest BCUT2D eigenvalue weighted by molar-refractivity contribution is 7.86. The monoisotopic (exact) mass is 212 g/mol. The molecular weight excluding hydrogens is 196 g/mol. The van der Waals surface area contributed by atoms with Crippen molar-refractivity contribution in [1.82, 2.24) is 0 Å². The molecule has 0 rings (SSSR count). The van der Waals surface area contributed by atoms with E-state index in [0.29, 0.717) is 13.2 Å². The Labute approximate surface area is 79.1 Å². The molecule has 0 radical (unpaired) electrons. The minimum atomic E-state index is -3.32. The molecule has 0 amide bonds. The summed E-state index contributed by atoms with van der Waals surface area (Å²) in [6.07, 6.45) is 0. The van der Waals surface area contributed by atoms with E-state index in [1.165, 1.54) is 6.92 Å². The van der Waals surface area contributed by atoms with Crippen molar-refractivity contribution in [2.45, 2.75) is 6.92 Å². The maximum absolute atomic E-state index is 10.8. The number of methoxy groups -OCH3 is 1. The summed E-state index contributed by atoms with van der Waals surface area (Å²) in [5.41, 5.74) is 0. The Balaban J connectivity index is 3.26. The molecule has 0 bridgehead atoms. The van der Waals surface area contributed by atoms with Crippen LogP contribution in [0.4, 0.5) is 0 Å². The summed E-state index contributed by atoms with van der Waals surface area (Å²) in [7, 11) is -1.75. The Morgan fingerprint density at radius 3 is 2.23 bits per heavy atom. The van der Waals surface area contributed by atoms with Crippen molar-refractivity contribution in [3.8, 4) is 0 Å². The average Bonchev–Trinajstić information content (AvgIpc) is 2.11. The number of ether oxygens (including phenoxy) is 2. The smallest absolute Gasteiger partial charge is 0.267 e. The van der Waals surface area contributed by atoms with Gasteiger partial charge >= 0.3 is 0 Å². The first-order valence-corrected chi connectivity index (χ1v) is 5.64. The Morgan fingerprint density at radius 2 is 1.69 bits per heavy atom. The van der Waals surface area contributed by atoms with E-state index in [9.17, 15) is 8.42 Å². The van der Waals surface area contributed by atoms with Crippen LogP contribution in [0.15, 0.2) is 0 Å². The predicted octanol–water partition coefficient (Wildman–Crippen LogP) is 0.0157. The van der Waals surface area contributed by atoms with E-state index >= 15 is 0 Å². The molecule has 13 heavy (non-hydrogen) atoms. The van der Waals surface area contributed by atoms with E-state index in [-0.39, 0.29) is 19.0 Å². The number of hydrogen-bond donors (Lipinski definition) is 0. The first-order valence-electron chi connectivity index (χ1n) is 4.06. The molecule has 0 aromatic heterocycles. The van der Waals surface area contributed by atoms with Crippen LogP contribution in [0.25, 0.3) is 0 Å². The molecule has 80 valence electrons. The highest BCUT2D eigenvalue weighted by Crippen LogP contribution is 1.91. The standard InChI is InChI=1S/C7H16O5S/c1-3-13(8,9)12-7-6-11-5-4-10-2/h3-7H2,1-2H3. The van der Waals surface area contributed by atoms with Gasteiger partial charge in [-0.25, -0.2) is 0 Å². The SMILES string of the molecule is CCS(=O)(=O)OCCOCCOC. The largest absolute Gasteiger partial charge is 0.382 e. The van der Waals surface area contributed by atoms with Gasteiger partial charge in [-0.3, -0.25) is 4.18 Å². The second-order valence-electron chi connectivity index (χ2n) is 2.27. The molecule has 5 nitrogen and oxygen atoms in total. The number of rotatable bonds is 8.